The van der Waals surface area contributed by atoms with Crippen molar-refractivity contribution >= 4 is 0 Å². The molecule has 1 aliphatic rings. The summed E-state index contributed by atoms with van der Waals surface area (Å²) in [6, 6.07) is 0. The van der Waals surface area contributed by atoms with E-state index in [2.05, 4.69) is 4.74 Å². The van der Waals surface area contributed by atoms with Crippen LogP contribution in [0.3, 0.4) is 0 Å². The highest BCUT2D eigenvalue weighted by Gasteiger charge is 2.43. The maximum absolute atomic E-state index is 9.10. The summed E-state index contributed by atoms with van der Waals surface area (Å²) >= 11 is 0. The van der Waals surface area contributed by atoms with E-state index in [-0.39, 0.29) is 6.61 Å². The van der Waals surface area contributed by atoms with Gasteiger partial charge in [0.2, 0.25) is 0 Å². The molecule has 3 atom stereocenters. The molecule has 0 radical (unpaired) electrons. The maximum atomic E-state index is 9.10. The Balaban J connectivity index is 2.62. The van der Waals surface area contributed by atoms with Crippen LogP contribution in [0.15, 0.2) is 0 Å². The number of hydrogen-bond acceptors (Lipinski definition) is 4. The molecular formula is C5H10O4. The molecule has 54 valence electrons. The average molecular weight is 134 g/mol. The molecule has 3 N–H and O–H groups in total. The summed E-state index contributed by atoms with van der Waals surface area (Å²) in [4.78, 5) is 0. The molecule has 0 aromatic rings. The van der Waals surface area contributed by atoms with E-state index >= 15 is 0 Å². The van der Waals surface area contributed by atoms with Gasteiger partial charge in [0.25, 0.3) is 0 Å². The van der Waals surface area contributed by atoms with Crippen LogP contribution in [0, 0.1) is 0 Å². The minimum atomic E-state index is -1.29. The molecule has 0 bridgehead atoms. The number of hydrogen-bond donors (Lipinski definition) is 3. The van der Waals surface area contributed by atoms with Crippen molar-refractivity contribution in [2.75, 3.05) is 6.61 Å². The zero-order valence-electron chi connectivity index (χ0n) is 5.11. The SMILES string of the molecule is C[C@@]1(O)CO[C@H](O)[C@H]1O. The van der Waals surface area contributed by atoms with Crippen molar-refractivity contribution in [3.8, 4) is 0 Å². The monoisotopic (exact) mass is 134 g/mol. The second-order valence-corrected chi connectivity index (χ2v) is 2.50. The van der Waals surface area contributed by atoms with Crippen molar-refractivity contribution in [3.05, 3.63) is 0 Å². The Kier molecular flexibility index (Phi) is 1.48. The first-order valence-electron chi connectivity index (χ1n) is 2.74. The Morgan fingerprint density at radius 2 is 2.11 bits per heavy atom. The fourth-order valence-corrected chi connectivity index (χ4v) is 0.738. The lowest BCUT2D eigenvalue weighted by Gasteiger charge is -2.18. The molecule has 0 aromatic heterocycles. The first-order valence-corrected chi connectivity index (χ1v) is 2.74. The Morgan fingerprint density at radius 3 is 2.22 bits per heavy atom. The van der Waals surface area contributed by atoms with E-state index < -0.39 is 18.0 Å². The van der Waals surface area contributed by atoms with Crippen molar-refractivity contribution in [1.29, 1.82) is 0 Å². The van der Waals surface area contributed by atoms with Crippen LogP contribution < -0.4 is 0 Å². The molecule has 1 aliphatic heterocycles. The average Bonchev–Trinajstić information content (AvgIpc) is 1.97. The summed E-state index contributed by atoms with van der Waals surface area (Å²) in [7, 11) is 0. The van der Waals surface area contributed by atoms with Gasteiger partial charge in [-0.3, -0.25) is 0 Å². The van der Waals surface area contributed by atoms with Gasteiger partial charge in [0, 0.05) is 0 Å². The molecular weight excluding hydrogens is 124 g/mol. The van der Waals surface area contributed by atoms with E-state index in [1.807, 2.05) is 0 Å². The minimum Gasteiger partial charge on any atom is -0.385 e. The summed E-state index contributed by atoms with van der Waals surface area (Å²) in [5, 5.41) is 26.7. The predicted octanol–water partition coefficient (Wildman–Crippen LogP) is -1.55. The lowest BCUT2D eigenvalue weighted by atomic mass is 10.0. The zero-order valence-corrected chi connectivity index (χ0v) is 5.11. The molecule has 0 spiro atoms. The largest absolute Gasteiger partial charge is 0.385 e. The van der Waals surface area contributed by atoms with Crippen molar-refractivity contribution < 1.29 is 20.1 Å². The van der Waals surface area contributed by atoms with E-state index in [4.69, 9.17) is 15.3 Å². The van der Waals surface area contributed by atoms with E-state index in [9.17, 15) is 0 Å². The van der Waals surface area contributed by atoms with Crippen LogP contribution in [0.5, 0.6) is 0 Å². The standard InChI is InChI=1S/C5H10O4/c1-5(8)2-9-4(7)3(5)6/h3-4,6-8H,2H2,1H3/t3-,4+,5-/m1/s1. The van der Waals surface area contributed by atoms with Crippen LogP contribution in [-0.4, -0.2) is 39.9 Å². The molecule has 0 aromatic carbocycles. The van der Waals surface area contributed by atoms with Gasteiger partial charge in [0.1, 0.15) is 11.7 Å². The number of rotatable bonds is 0. The van der Waals surface area contributed by atoms with Gasteiger partial charge in [-0.15, -0.1) is 0 Å². The first-order chi connectivity index (χ1) is 4.04. The molecule has 9 heavy (non-hydrogen) atoms. The van der Waals surface area contributed by atoms with Gasteiger partial charge in [-0.1, -0.05) is 0 Å². The molecule has 4 nitrogen and oxygen atoms in total. The molecule has 4 heteroatoms. The molecule has 1 rings (SSSR count). The molecule has 1 heterocycles. The third-order valence-corrected chi connectivity index (χ3v) is 1.45. The van der Waals surface area contributed by atoms with Crippen molar-refractivity contribution in [3.63, 3.8) is 0 Å². The van der Waals surface area contributed by atoms with E-state index in [1.54, 1.807) is 0 Å². The second-order valence-electron chi connectivity index (χ2n) is 2.50. The summed E-state index contributed by atoms with van der Waals surface area (Å²) in [6.45, 7) is 1.39. The Bertz CT molecular complexity index is 112. The van der Waals surface area contributed by atoms with Gasteiger partial charge in [-0.2, -0.15) is 0 Å². The zero-order chi connectivity index (χ0) is 7.07. The maximum Gasteiger partial charge on any atom is 0.183 e. The Hall–Kier alpha value is -0.160. The highest BCUT2D eigenvalue weighted by molar-refractivity contribution is 4.88. The van der Waals surface area contributed by atoms with Crippen LogP contribution in [0.4, 0.5) is 0 Å². The fraction of sp³-hybridized carbons (Fsp3) is 1.00. The van der Waals surface area contributed by atoms with Crippen molar-refractivity contribution in [1.82, 2.24) is 0 Å². The molecule has 0 unspecified atom stereocenters. The first kappa shape index (κ1) is 6.95. The highest BCUT2D eigenvalue weighted by Crippen LogP contribution is 2.21. The minimum absolute atomic E-state index is 0.0185. The van der Waals surface area contributed by atoms with Crippen LogP contribution in [0.2, 0.25) is 0 Å². The molecule has 0 amide bonds. The normalized spacial score (nSPS) is 52.0. The third-order valence-electron chi connectivity index (χ3n) is 1.45. The summed E-state index contributed by atoms with van der Waals surface area (Å²) in [6.07, 6.45) is -2.42. The molecule has 1 fully saturated rings. The fourth-order valence-electron chi connectivity index (χ4n) is 0.738. The molecule has 0 saturated carbocycles. The predicted molar refractivity (Wildman–Crippen MR) is 28.6 cm³/mol. The Morgan fingerprint density at radius 1 is 1.56 bits per heavy atom. The lowest BCUT2D eigenvalue weighted by Crippen LogP contribution is -2.40. The number of aliphatic hydroxyl groups excluding tert-OH is 2. The molecule has 0 aliphatic carbocycles. The smallest absolute Gasteiger partial charge is 0.183 e. The van der Waals surface area contributed by atoms with E-state index in [1.165, 1.54) is 6.92 Å². The van der Waals surface area contributed by atoms with Gasteiger partial charge in [-0.05, 0) is 6.92 Å². The summed E-state index contributed by atoms with van der Waals surface area (Å²) in [5.74, 6) is 0. The van der Waals surface area contributed by atoms with E-state index in [0.29, 0.717) is 0 Å². The van der Waals surface area contributed by atoms with Crippen molar-refractivity contribution in [2.24, 2.45) is 0 Å². The van der Waals surface area contributed by atoms with Crippen LogP contribution in [0.1, 0.15) is 6.92 Å². The summed E-state index contributed by atoms with van der Waals surface area (Å²) in [5.41, 5.74) is -1.29. The highest BCUT2D eigenvalue weighted by atomic mass is 16.6. The van der Waals surface area contributed by atoms with Gasteiger partial charge in [0.05, 0.1) is 6.61 Å². The van der Waals surface area contributed by atoms with Crippen LogP contribution in [-0.2, 0) is 4.74 Å². The van der Waals surface area contributed by atoms with Gasteiger partial charge in [-0.25, -0.2) is 0 Å². The number of aliphatic hydroxyl groups is 3. The van der Waals surface area contributed by atoms with Crippen LogP contribution >= 0.6 is 0 Å². The number of ether oxygens (including phenoxy) is 1. The topological polar surface area (TPSA) is 69.9 Å². The third kappa shape index (κ3) is 1.07. The van der Waals surface area contributed by atoms with E-state index in [0.717, 1.165) is 0 Å². The lowest BCUT2D eigenvalue weighted by molar-refractivity contribution is -0.119. The van der Waals surface area contributed by atoms with Gasteiger partial charge in [0.15, 0.2) is 6.29 Å². The second kappa shape index (κ2) is 1.91. The van der Waals surface area contributed by atoms with Crippen LogP contribution in [0.25, 0.3) is 0 Å². The quantitative estimate of drug-likeness (QED) is 0.375. The summed E-state index contributed by atoms with van der Waals surface area (Å²) < 4.78 is 4.54. The Labute approximate surface area is 52.7 Å². The van der Waals surface area contributed by atoms with Gasteiger partial charge < -0.3 is 20.1 Å². The van der Waals surface area contributed by atoms with Crippen molar-refractivity contribution in [2.45, 2.75) is 24.9 Å². The molecule has 1 saturated heterocycles. The van der Waals surface area contributed by atoms with Gasteiger partial charge >= 0.3 is 0 Å².